The van der Waals surface area contributed by atoms with Gasteiger partial charge >= 0.3 is 0 Å². The molecule has 5 rings (SSSR count). The van der Waals surface area contributed by atoms with Crippen molar-refractivity contribution in [3.05, 3.63) is 36.2 Å². The first-order valence-electron chi connectivity index (χ1n) is 10.2. The molecule has 0 bridgehead atoms. The standard InChI is InChI=1S/C21H25N5O2/c27-19(17-5-2-1-4-16(17)18-22-14-23-24-18)26-11-9-21(13-26)8-3-10-25(20(21)28)12-15-6-7-15/h1-2,4-5,14-15H,3,6-13H2,(H,22,23,24)/t21-/m1/s1. The lowest BCUT2D eigenvalue weighted by molar-refractivity contribution is -0.145. The molecule has 1 N–H and O–H groups in total. The minimum Gasteiger partial charge on any atom is -0.342 e. The second-order valence-electron chi connectivity index (χ2n) is 8.43. The van der Waals surface area contributed by atoms with E-state index in [0.29, 0.717) is 30.4 Å². The molecule has 7 heteroatoms. The second-order valence-corrected chi connectivity index (χ2v) is 8.43. The number of H-pyrrole nitrogens is 1. The average Bonchev–Trinajstić information content (AvgIpc) is 3.20. The minimum atomic E-state index is -0.385. The van der Waals surface area contributed by atoms with Crippen LogP contribution in [0.5, 0.6) is 0 Å². The first-order chi connectivity index (χ1) is 13.7. The van der Waals surface area contributed by atoms with Gasteiger partial charge in [0.05, 0.1) is 11.0 Å². The maximum atomic E-state index is 13.3. The van der Waals surface area contributed by atoms with Crippen LogP contribution in [0.1, 0.15) is 42.5 Å². The Morgan fingerprint density at radius 3 is 2.86 bits per heavy atom. The van der Waals surface area contributed by atoms with Crippen molar-refractivity contribution >= 4 is 11.8 Å². The van der Waals surface area contributed by atoms with E-state index < -0.39 is 0 Å². The van der Waals surface area contributed by atoms with E-state index in [4.69, 9.17) is 0 Å². The zero-order chi connectivity index (χ0) is 19.1. The summed E-state index contributed by atoms with van der Waals surface area (Å²) in [4.78, 5) is 34.7. The fourth-order valence-electron chi connectivity index (χ4n) is 4.74. The molecular formula is C21H25N5O2. The maximum absolute atomic E-state index is 13.3. The number of nitrogens with one attached hydrogen (secondary N) is 1. The molecule has 0 unspecified atom stereocenters. The van der Waals surface area contributed by atoms with Crippen molar-refractivity contribution in [2.24, 2.45) is 11.3 Å². The molecule has 1 atom stereocenters. The van der Waals surface area contributed by atoms with E-state index in [0.717, 1.165) is 37.9 Å². The lowest BCUT2D eigenvalue weighted by Crippen LogP contribution is -2.51. The van der Waals surface area contributed by atoms with Gasteiger partial charge in [-0.1, -0.05) is 18.2 Å². The number of benzene rings is 1. The number of rotatable bonds is 4. The van der Waals surface area contributed by atoms with Gasteiger partial charge in [0.2, 0.25) is 5.91 Å². The fourth-order valence-corrected chi connectivity index (χ4v) is 4.74. The van der Waals surface area contributed by atoms with Crippen LogP contribution in [-0.2, 0) is 4.79 Å². The molecular weight excluding hydrogens is 354 g/mol. The molecule has 3 fully saturated rings. The van der Waals surface area contributed by atoms with Gasteiger partial charge in [-0.05, 0) is 44.1 Å². The predicted molar refractivity (Wildman–Crippen MR) is 103 cm³/mol. The molecule has 1 saturated carbocycles. The molecule has 3 heterocycles. The molecule has 2 saturated heterocycles. The van der Waals surface area contributed by atoms with Gasteiger partial charge in [-0.2, -0.15) is 5.10 Å². The third-order valence-corrected chi connectivity index (χ3v) is 6.47. The quantitative estimate of drug-likeness (QED) is 0.884. The lowest BCUT2D eigenvalue weighted by Gasteiger charge is -2.39. The van der Waals surface area contributed by atoms with Crippen LogP contribution in [0, 0.1) is 11.3 Å². The van der Waals surface area contributed by atoms with Crippen molar-refractivity contribution in [2.45, 2.75) is 32.1 Å². The van der Waals surface area contributed by atoms with Crippen LogP contribution in [0.15, 0.2) is 30.6 Å². The summed E-state index contributed by atoms with van der Waals surface area (Å²) >= 11 is 0. The molecule has 146 valence electrons. The zero-order valence-corrected chi connectivity index (χ0v) is 15.9. The van der Waals surface area contributed by atoms with Crippen molar-refractivity contribution in [2.75, 3.05) is 26.2 Å². The van der Waals surface area contributed by atoms with Crippen LogP contribution < -0.4 is 0 Å². The Kier molecular flexibility index (Phi) is 4.18. The number of nitrogens with zero attached hydrogens (tertiary/aromatic N) is 4. The SMILES string of the molecule is O=C(c1ccccc1-c1ncn[nH]1)N1CC[C@]2(CCCN(CC3CC3)C2=O)C1. The van der Waals surface area contributed by atoms with Gasteiger partial charge < -0.3 is 9.80 Å². The van der Waals surface area contributed by atoms with Crippen LogP contribution in [0.3, 0.4) is 0 Å². The molecule has 2 amide bonds. The molecule has 28 heavy (non-hydrogen) atoms. The number of likely N-dealkylation sites (tertiary alicyclic amines) is 2. The number of hydrogen-bond donors (Lipinski definition) is 1. The summed E-state index contributed by atoms with van der Waals surface area (Å²) in [6, 6.07) is 7.46. The first-order valence-corrected chi connectivity index (χ1v) is 10.2. The third-order valence-electron chi connectivity index (χ3n) is 6.47. The maximum Gasteiger partial charge on any atom is 0.254 e. The van der Waals surface area contributed by atoms with Gasteiger partial charge in [0, 0.05) is 31.7 Å². The molecule has 1 spiro atoms. The fraction of sp³-hybridized carbons (Fsp3) is 0.524. The molecule has 0 radical (unpaired) electrons. The number of amides is 2. The number of aromatic amines is 1. The summed E-state index contributed by atoms with van der Waals surface area (Å²) in [7, 11) is 0. The topological polar surface area (TPSA) is 82.2 Å². The number of carbonyl (C=O) groups is 2. The summed E-state index contributed by atoms with van der Waals surface area (Å²) in [6.07, 6.45) is 6.63. The molecule has 1 aromatic heterocycles. The van der Waals surface area contributed by atoms with Crippen LogP contribution in [-0.4, -0.2) is 63.0 Å². The highest BCUT2D eigenvalue weighted by Gasteiger charge is 2.50. The van der Waals surface area contributed by atoms with Crippen molar-refractivity contribution in [3.8, 4) is 11.4 Å². The highest BCUT2D eigenvalue weighted by atomic mass is 16.2. The van der Waals surface area contributed by atoms with Gasteiger partial charge in [0.25, 0.3) is 5.91 Å². The molecule has 2 aliphatic heterocycles. The van der Waals surface area contributed by atoms with Gasteiger partial charge in [-0.25, -0.2) is 4.98 Å². The summed E-state index contributed by atoms with van der Waals surface area (Å²) in [5, 5.41) is 6.74. The van der Waals surface area contributed by atoms with Crippen molar-refractivity contribution in [3.63, 3.8) is 0 Å². The van der Waals surface area contributed by atoms with E-state index in [1.54, 1.807) is 0 Å². The first kappa shape index (κ1) is 17.4. The zero-order valence-electron chi connectivity index (χ0n) is 15.9. The average molecular weight is 379 g/mol. The number of hydrogen-bond acceptors (Lipinski definition) is 4. The van der Waals surface area contributed by atoms with Gasteiger partial charge in [0.1, 0.15) is 6.33 Å². The van der Waals surface area contributed by atoms with Gasteiger partial charge in [-0.3, -0.25) is 14.7 Å². The van der Waals surface area contributed by atoms with E-state index in [2.05, 4.69) is 20.1 Å². The number of carbonyl (C=O) groups excluding carboxylic acids is 2. The third kappa shape index (κ3) is 2.99. The summed E-state index contributed by atoms with van der Waals surface area (Å²) in [5.74, 6) is 1.52. The smallest absolute Gasteiger partial charge is 0.254 e. The molecule has 1 aliphatic carbocycles. The predicted octanol–water partition coefficient (Wildman–Crippen LogP) is 2.34. The summed E-state index contributed by atoms with van der Waals surface area (Å²) in [6.45, 7) is 2.94. The Bertz CT molecular complexity index is 892. The highest BCUT2D eigenvalue weighted by Crippen LogP contribution is 2.42. The highest BCUT2D eigenvalue weighted by molar-refractivity contribution is 6.00. The Hall–Kier alpha value is -2.70. The van der Waals surface area contributed by atoms with Crippen molar-refractivity contribution in [1.29, 1.82) is 0 Å². The van der Waals surface area contributed by atoms with E-state index in [9.17, 15) is 9.59 Å². The lowest BCUT2D eigenvalue weighted by atomic mass is 9.78. The number of aromatic nitrogens is 3. The minimum absolute atomic E-state index is 0.0315. The Morgan fingerprint density at radius 1 is 1.21 bits per heavy atom. The largest absolute Gasteiger partial charge is 0.342 e. The van der Waals surface area contributed by atoms with E-state index in [1.165, 1.54) is 19.2 Å². The van der Waals surface area contributed by atoms with E-state index in [1.807, 2.05) is 29.2 Å². The molecule has 7 nitrogen and oxygen atoms in total. The Morgan fingerprint density at radius 2 is 2.07 bits per heavy atom. The van der Waals surface area contributed by atoms with Gasteiger partial charge in [0.15, 0.2) is 5.82 Å². The van der Waals surface area contributed by atoms with Crippen molar-refractivity contribution < 1.29 is 9.59 Å². The molecule has 3 aliphatic rings. The number of piperidine rings is 1. The van der Waals surface area contributed by atoms with Gasteiger partial charge in [-0.15, -0.1) is 0 Å². The van der Waals surface area contributed by atoms with Crippen LogP contribution in [0.2, 0.25) is 0 Å². The second kappa shape index (κ2) is 6.72. The van der Waals surface area contributed by atoms with Crippen LogP contribution >= 0.6 is 0 Å². The van der Waals surface area contributed by atoms with Crippen molar-refractivity contribution in [1.82, 2.24) is 25.0 Å². The summed E-state index contributed by atoms with van der Waals surface area (Å²) in [5.41, 5.74) is 0.968. The summed E-state index contributed by atoms with van der Waals surface area (Å²) < 4.78 is 0. The van der Waals surface area contributed by atoms with Crippen LogP contribution in [0.4, 0.5) is 0 Å². The molecule has 1 aromatic carbocycles. The Labute approximate surface area is 164 Å². The van der Waals surface area contributed by atoms with E-state index >= 15 is 0 Å². The Balaban J connectivity index is 1.36. The monoisotopic (exact) mass is 379 g/mol. The van der Waals surface area contributed by atoms with E-state index in [-0.39, 0.29) is 17.2 Å². The normalized spacial score (nSPS) is 24.9. The molecule has 2 aromatic rings. The van der Waals surface area contributed by atoms with Crippen LogP contribution in [0.25, 0.3) is 11.4 Å².